The predicted molar refractivity (Wildman–Crippen MR) is 189 cm³/mol. The summed E-state index contributed by atoms with van der Waals surface area (Å²) in [7, 11) is 0. The number of aromatic nitrogens is 5. The van der Waals surface area contributed by atoms with Crippen molar-refractivity contribution in [2.24, 2.45) is 0 Å². The average Bonchev–Trinajstić information content (AvgIpc) is 3.08. The summed E-state index contributed by atoms with van der Waals surface area (Å²) in [5.74, 6) is 6.67. The van der Waals surface area contributed by atoms with Crippen LogP contribution in [0.2, 0.25) is 0 Å². The maximum absolute atomic E-state index is 14.3. The minimum Gasteiger partial charge on any atom is -0.480 e. The molecule has 0 aliphatic heterocycles. The summed E-state index contributed by atoms with van der Waals surface area (Å²) in [6, 6.07) is 24.7. The molecule has 2 atom stereocenters. The number of anilines is 1. The molecule has 1 amide bonds. The first kappa shape index (κ1) is 31.4. The summed E-state index contributed by atoms with van der Waals surface area (Å²) in [6.45, 7) is 3.69. The number of amides is 1. The van der Waals surface area contributed by atoms with Gasteiger partial charge in [0.05, 0.1) is 34.5 Å². The number of benzene rings is 3. The second kappa shape index (κ2) is 13.8. The molecule has 47 heavy (non-hydrogen) atoms. The summed E-state index contributed by atoms with van der Waals surface area (Å²) in [4.78, 5) is 45.6. The third-order valence-corrected chi connectivity index (χ3v) is 7.41. The van der Waals surface area contributed by atoms with E-state index >= 15 is 0 Å². The SMILES string of the molecule is CC(I)Oc1ccc(-c2cnc(N)c(C(=O)N[C@H](C)c3nc4cccc(C#Cc5ccncc5)c4c(=O)n3-c3ccccc3)n2)cc1. The fourth-order valence-corrected chi connectivity index (χ4v) is 5.26. The second-order valence-corrected chi connectivity index (χ2v) is 12.3. The van der Waals surface area contributed by atoms with Crippen LogP contribution in [0.3, 0.4) is 0 Å². The van der Waals surface area contributed by atoms with Crippen LogP contribution in [0.15, 0.2) is 108 Å². The maximum Gasteiger partial charge on any atom is 0.274 e. The third-order valence-electron chi connectivity index (χ3n) is 7.16. The van der Waals surface area contributed by atoms with Crippen molar-refractivity contribution in [1.82, 2.24) is 29.8 Å². The molecule has 3 N–H and O–H groups in total. The van der Waals surface area contributed by atoms with E-state index in [9.17, 15) is 9.59 Å². The molecule has 6 aromatic rings. The van der Waals surface area contributed by atoms with Gasteiger partial charge in [-0.2, -0.15) is 0 Å². The summed E-state index contributed by atoms with van der Waals surface area (Å²) in [6.07, 6.45) is 4.84. The number of carbonyl (C=O) groups is 1. The summed E-state index contributed by atoms with van der Waals surface area (Å²) in [5, 5.41) is 3.30. The van der Waals surface area contributed by atoms with Crippen molar-refractivity contribution in [3.8, 4) is 34.5 Å². The summed E-state index contributed by atoms with van der Waals surface area (Å²) < 4.78 is 7.22. The Morgan fingerprint density at radius 2 is 1.68 bits per heavy atom. The van der Waals surface area contributed by atoms with E-state index < -0.39 is 11.9 Å². The number of pyridine rings is 1. The van der Waals surface area contributed by atoms with Crippen LogP contribution in [0.25, 0.3) is 27.8 Å². The minimum absolute atomic E-state index is 0.00994. The van der Waals surface area contributed by atoms with Crippen molar-refractivity contribution in [2.45, 2.75) is 24.0 Å². The van der Waals surface area contributed by atoms with Crippen LogP contribution >= 0.6 is 22.6 Å². The number of rotatable bonds is 7. The zero-order valence-corrected chi connectivity index (χ0v) is 27.5. The number of nitrogens with one attached hydrogen (secondary N) is 1. The first-order valence-electron chi connectivity index (χ1n) is 14.7. The molecule has 0 aliphatic rings. The number of nitrogens with two attached hydrogens (primary N) is 1. The molecule has 0 radical (unpaired) electrons. The number of hydrogen-bond donors (Lipinski definition) is 2. The van der Waals surface area contributed by atoms with Gasteiger partial charge in [-0.25, -0.2) is 15.0 Å². The van der Waals surface area contributed by atoms with Crippen LogP contribution in [-0.4, -0.2) is 34.5 Å². The van der Waals surface area contributed by atoms with Crippen molar-refractivity contribution >= 4 is 45.2 Å². The highest BCUT2D eigenvalue weighted by Crippen LogP contribution is 2.24. The third kappa shape index (κ3) is 6.97. The first-order chi connectivity index (χ1) is 22.8. The average molecular weight is 734 g/mol. The minimum atomic E-state index is -0.733. The standard InChI is InChI=1S/C36H28IN7O3/c1-22(41-35(45)32-33(38)40-21-30(42-32)25-13-15-28(16-14-25)47-23(2)37)34-43-29-10-6-7-26(12-11-24-17-19-39-20-18-24)31(29)36(46)44(34)27-8-4-3-5-9-27/h3-10,13-23H,1-2H3,(H2,38,40)(H,41,45)/t22-,23?/m1/s1. The Labute approximate surface area is 284 Å². The Morgan fingerprint density at radius 3 is 2.40 bits per heavy atom. The van der Waals surface area contributed by atoms with E-state index in [1.54, 1.807) is 49.6 Å². The van der Waals surface area contributed by atoms with Crippen LogP contribution in [-0.2, 0) is 0 Å². The number of hydrogen-bond acceptors (Lipinski definition) is 8. The lowest BCUT2D eigenvalue weighted by Gasteiger charge is -2.20. The van der Waals surface area contributed by atoms with E-state index in [2.05, 4.69) is 54.7 Å². The normalized spacial score (nSPS) is 12.1. The summed E-state index contributed by atoms with van der Waals surface area (Å²) >= 11 is 2.18. The van der Waals surface area contributed by atoms with Gasteiger partial charge in [-0.15, -0.1) is 0 Å². The maximum atomic E-state index is 14.3. The Balaban J connectivity index is 1.37. The molecule has 0 bridgehead atoms. The predicted octanol–water partition coefficient (Wildman–Crippen LogP) is 5.87. The van der Waals surface area contributed by atoms with Crippen LogP contribution < -0.4 is 21.3 Å². The molecular formula is C36H28IN7O3. The molecule has 0 saturated carbocycles. The van der Waals surface area contributed by atoms with Gasteiger partial charge in [0.15, 0.2) is 11.5 Å². The number of nitrogens with zero attached hydrogens (tertiary/aromatic N) is 5. The van der Waals surface area contributed by atoms with Crippen LogP contribution in [0, 0.1) is 11.8 Å². The van der Waals surface area contributed by atoms with E-state index in [-0.39, 0.29) is 21.2 Å². The molecule has 0 aliphatic carbocycles. The molecule has 1 unspecified atom stereocenters. The number of alkyl halides is 1. The van der Waals surface area contributed by atoms with Gasteiger partial charge < -0.3 is 15.8 Å². The highest BCUT2D eigenvalue weighted by Gasteiger charge is 2.23. The van der Waals surface area contributed by atoms with Gasteiger partial charge in [-0.05, 0) is 97.1 Å². The molecule has 3 aromatic carbocycles. The van der Waals surface area contributed by atoms with Gasteiger partial charge in [-0.3, -0.25) is 19.1 Å². The van der Waals surface area contributed by atoms with E-state index in [0.717, 1.165) is 11.1 Å². The zero-order chi connectivity index (χ0) is 32.9. The van der Waals surface area contributed by atoms with E-state index in [0.29, 0.717) is 39.4 Å². The van der Waals surface area contributed by atoms with E-state index in [1.165, 1.54) is 10.8 Å². The van der Waals surface area contributed by atoms with Crippen LogP contribution in [0.5, 0.6) is 5.75 Å². The lowest BCUT2D eigenvalue weighted by Crippen LogP contribution is -2.34. The number of fused-ring (bicyclic) bond motifs is 1. The lowest BCUT2D eigenvalue weighted by atomic mass is 10.1. The number of carbonyl (C=O) groups excluding carboxylic acids is 1. The van der Waals surface area contributed by atoms with Crippen molar-refractivity contribution in [2.75, 3.05) is 5.73 Å². The first-order valence-corrected chi connectivity index (χ1v) is 15.9. The Morgan fingerprint density at radius 1 is 0.936 bits per heavy atom. The van der Waals surface area contributed by atoms with Gasteiger partial charge in [0.2, 0.25) is 0 Å². The Kier molecular flexibility index (Phi) is 9.21. The number of nitrogen functional groups attached to an aromatic ring is 1. The van der Waals surface area contributed by atoms with E-state index in [4.69, 9.17) is 15.5 Å². The quantitative estimate of drug-likeness (QED) is 0.118. The Hall–Kier alpha value is -5.61. The molecule has 3 aromatic heterocycles. The highest BCUT2D eigenvalue weighted by molar-refractivity contribution is 14.1. The zero-order valence-electron chi connectivity index (χ0n) is 25.4. The van der Waals surface area contributed by atoms with Gasteiger partial charge in [0.1, 0.15) is 15.7 Å². The van der Waals surface area contributed by atoms with Gasteiger partial charge >= 0.3 is 0 Å². The molecule has 6 rings (SSSR count). The molecule has 0 fully saturated rings. The monoisotopic (exact) mass is 733 g/mol. The topological polar surface area (TPSA) is 138 Å². The number of ether oxygens (including phenoxy) is 1. The van der Waals surface area contributed by atoms with Gasteiger partial charge in [-0.1, -0.05) is 36.1 Å². The molecule has 232 valence electrons. The molecule has 11 heteroatoms. The molecule has 0 spiro atoms. The number of para-hydroxylation sites is 1. The molecule has 3 heterocycles. The van der Waals surface area contributed by atoms with Crippen molar-refractivity contribution in [3.05, 3.63) is 137 Å². The van der Waals surface area contributed by atoms with Crippen molar-refractivity contribution in [3.63, 3.8) is 0 Å². The number of halogens is 1. The molecule has 10 nitrogen and oxygen atoms in total. The molecule has 0 saturated heterocycles. The second-order valence-electron chi connectivity index (χ2n) is 10.5. The van der Waals surface area contributed by atoms with E-state index in [1.807, 2.05) is 61.5 Å². The molecular weight excluding hydrogens is 705 g/mol. The highest BCUT2D eigenvalue weighted by atomic mass is 127. The van der Waals surface area contributed by atoms with Crippen molar-refractivity contribution in [1.29, 1.82) is 0 Å². The van der Waals surface area contributed by atoms with Crippen LogP contribution in [0.1, 0.15) is 47.3 Å². The van der Waals surface area contributed by atoms with Crippen LogP contribution in [0.4, 0.5) is 5.82 Å². The fourth-order valence-electron chi connectivity index (χ4n) is 4.97. The summed E-state index contributed by atoms with van der Waals surface area (Å²) in [5.41, 5.74) is 9.32. The van der Waals surface area contributed by atoms with Crippen molar-refractivity contribution < 1.29 is 9.53 Å². The largest absolute Gasteiger partial charge is 0.480 e. The lowest BCUT2D eigenvalue weighted by molar-refractivity contribution is 0.0933. The van der Waals surface area contributed by atoms with Gasteiger partial charge in [0, 0.05) is 29.1 Å². The Bertz CT molecular complexity index is 2190. The fraction of sp³-hybridized carbons (Fsp3) is 0.111. The van der Waals surface area contributed by atoms with Gasteiger partial charge in [0.25, 0.3) is 11.5 Å². The smallest absolute Gasteiger partial charge is 0.274 e.